The fraction of sp³-hybridized carbons (Fsp3) is 0.182. The fourth-order valence-corrected chi connectivity index (χ4v) is 2.47. The van der Waals surface area contributed by atoms with E-state index in [1.54, 1.807) is 6.07 Å². The molecule has 0 fully saturated rings. The van der Waals surface area contributed by atoms with Gasteiger partial charge in [0.05, 0.1) is 15.6 Å². The Morgan fingerprint density at radius 1 is 1.25 bits per heavy atom. The van der Waals surface area contributed by atoms with Crippen molar-refractivity contribution in [3.8, 4) is 0 Å². The van der Waals surface area contributed by atoms with Crippen LogP contribution in [0.1, 0.15) is 16.1 Å². The summed E-state index contributed by atoms with van der Waals surface area (Å²) in [5.41, 5.74) is 2.37. The van der Waals surface area contributed by atoms with Crippen LogP contribution in [0.15, 0.2) is 12.1 Å². The third-order valence-electron chi connectivity index (χ3n) is 2.86. The molecule has 5 heteroatoms. The Balaban J connectivity index is 2.40. The van der Waals surface area contributed by atoms with Crippen molar-refractivity contribution in [2.75, 3.05) is 6.54 Å². The lowest BCUT2D eigenvalue weighted by atomic mass is 10.0. The predicted molar refractivity (Wildman–Crippen MR) is 64.4 cm³/mol. The second-order valence-corrected chi connectivity index (χ2v) is 4.55. The lowest BCUT2D eigenvalue weighted by Gasteiger charge is -2.11. The minimum absolute atomic E-state index is 0.0790. The molecule has 0 saturated heterocycles. The minimum Gasteiger partial charge on any atom is -0.350 e. The summed E-state index contributed by atoms with van der Waals surface area (Å²) < 4.78 is 0. The number of benzene rings is 1. The third-order valence-corrected chi connectivity index (χ3v) is 3.66. The van der Waals surface area contributed by atoms with Crippen molar-refractivity contribution in [3.05, 3.63) is 33.4 Å². The SMILES string of the molecule is O=C1NCCc2c1[nH]c1c(Cl)c(Cl)ccc21. The topological polar surface area (TPSA) is 44.9 Å². The Morgan fingerprint density at radius 2 is 2.06 bits per heavy atom. The molecule has 82 valence electrons. The van der Waals surface area contributed by atoms with Crippen LogP contribution in [0.3, 0.4) is 0 Å². The van der Waals surface area contributed by atoms with E-state index in [0.717, 1.165) is 22.9 Å². The highest BCUT2D eigenvalue weighted by molar-refractivity contribution is 6.45. The number of H-pyrrole nitrogens is 1. The van der Waals surface area contributed by atoms with E-state index in [-0.39, 0.29) is 5.91 Å². The minimum atomic E-state index is -0.0790. The summed E-state index contributed by atoms with van der Waals surface area (Å²) in [4.78, 5) is 14.7. The van der Waals surface area contributed by atoms with E-state index in [0.29, 0.717) is 22.3 Å². The number of hydrogen-bond acceptors (Lipinski definition) is 1. The zero-order valence-electron chi connectivity index (χ0n) is 8.23. The highest BCUT2D eigenvalue weighted by Crippen LogP contribution is 2.34. The summed E-state index contributed by atoms with van der Waals surface area (Å²) in [6.45, 7) is 0.666. The Morgan fingerprint density at radius 3 is 2.88 bits per heavy atom. The van der Waals surface area contributed by atoms with E-state index in [1.807, 2.05) is 6.07 Å². The van der Waals surface area contributed by atoms with Gasteiger partial charge in [-0.2, -0.15) is 0 Å². The van der Waals surface area contributed by atoms with Crippen LogP contribution in [0.25, 0.3) is 10.9 Å². The lowest BCUT2D eigenvalue weighted by Crippen LogP contribution is -2.31. The molecule has 3 rings (SSSR count). The van der Waals surface area contributed by atoms with E-state index < -0.39 is 0 Å². The van der Waals surface area contributed by atoms with Crippen LogP contribution in [0, 0.1) is 0 Å². The molecular weight excluding hydrogens is 247 g/mol. The van der Waals surface area contributed by atoms with Crippen LogP contribution in [-0.4, -0.2) is 17.4 Å². The number of fused-ring (bicyclic) bond motifs is 3. The van der Waals surface area contributed by atoms with Crippen LogP contribution < -0.4 is 5.32 Å². The number of carbonyl (C=O) groups is 1. The zero-order valence-corrected chi connectivity index (χ0v) is 9.74. The van der Waals surface area contributed by atoms with E-state index in [1.165, 1.54) is 0 Å². The van der Waals surface area contributed by atoms with Gasteiger partial charge in [-0.3, -0.25) is 4.79 Å². The van der Waals surface area contributed by atoms with Crippen LogP contribution >= 0.6 is 23.2 Å². The lowest BCUT2D eigenvalue weighted by molar-refractivity contribution is 0.0942. The summed E-state index contributed by atoms with van der Waals surface area (Å²) >= 11 is 12.0. The second kappa shape index (κ2) is 3.40. The van der Waals surface area contributed by atoms with Crippen LogP contribution in [0.2, 0.25) is 10.0 Å². The third kappa shape index (κ3) is 1.25. The molecule has 0 saturated carbocycles. The fourth-order valence-electron chi connectivity index (χ4n) is 2.10. The summed E-state index contributed by atoms with van der Waals surface area (Å²) in [6.07, 6.45) is 0.818. The number of hydrogen-bond donors (Lipinski definition) is 2. The van der Waals surface area contributed by atoms with Crippen molar-refractivity contribution in [2.45, 2.75) is 6.42 Å². The van der Waals surface area contributed by atoms with Crippen molar-refractivity contribution in [1.82, 2.24) is 10.3 Å². The van der Waals surface area contributed by atoms with Crippen molar-refractivity contribution >= 4 is 40.0 Å². The van der Waals surface area contributed by atoms with Gasteiger partial charge in [0.1, 0.15) is 5.69 Å². The van der Waals surface area contributed by atoms with Gasteiger partial charge >= 0.3 is 0 Å². The predicted octanol–water partition coefficient (Wildman–Crippen LogP) is 2.76. The molecular formula is C11H8Cl2N2O. The number of rotatable bonds is 0. The molecule has 0 radical (unpaired) electrons. The quantitative estimate of drug-likeness (QED) is 0.746. The monoisotopic (exact) mass is 254 g/mol. The first kappa shape index (κ1) is 10.00. The Kier molecular flexibility index (Phi) is 2.13. The molecule has 1 aromatic heterocycles. The van der Waals surface area contributed by atoms with Crippen LogP contribution in [0.5, 0.6) is 0 Å². The first-order valence-corrected chi connectivity index (χ1v) is 5.71. The summed E-state index contributed by atoms with van der Waals surface area (Å²) in [5.74, 6) is -0.0790. The Labute approximate surface area is 102 Å². The maximum atomic E-state index is 11.6. The molecule has 3 nitrogen and oxygen atoms in total. The maximum Gasteiger partial charge on any atom is 0.268 e. The van der Waals surface area contributed by atoms with Gasteiger partial charge in [-0.15, -0.1) is 0 Å². The molecule has 0 bridgehead atoms. The zero-order chi connectivity index (χ0) is 11.3. The van der Waals surface area contributed by atoms with Crippen molar-refractivity contribution in [1.29, 1.82) is 0 Å². The number of aromatic nitrogens is 1. The molecule has 0 unspecified atom stereocenters. The van der Waals surface area contributed by atoms with Gasteiger partial charge in [0.2, 0.25) is 0 Å². The summed E-state index contributed by atoms with van der Waals surface area (Å²) in [6, 6.07) is 3.66. The molecule has 2 N–H and O–H groups in total. The van der Waals surface area contributed by atoms with E-state index >= 15 is 0 Å². The Hall–Kier alpha value is -1.19. The highest BCUT2D eigenvalue weighted by Gasteiger charge is 2.22. The van der Waals surface area contributed by atoms with Gasteiger partial charge in [0.15, 0.2) is 0 Å². The van der Waals surface area contributed by atoms with Gasteiger partial charge in [-0.05, 0) is 18.1 Å². The van der Waals surface area contributed by atoms with E-state index in [2.05, 4.69) is 10.3 Å². The first-order chi connectivity index (χ1) is 7.68. The van der Waals surface area contributed by atoms with Crippen LogP contribution in [-0.2, 0) is 6.42 Å². The number of amides is 1. The van der Waals surface area contributed by atoms with Gasteiger partial charge < -0.3 is 10.3 Å². The van der Waals surface area contributed by atoms with Gasteiger partial charge in [-0.25, -0.2) is 0 Å². The maximum absolute atomic E-state index is 11.6. The molecule has 0 aliphatic carbocycles. The summed E-state index contributed by atoms with van der Waals surface area (Å²) in [7, 11) is 0. The first-order valence-electron chi connectivity index (χ1n) is 4.95. The largest absolute Gasteiger partial charge is 0.350 e. The standard InChI is InChI=1S/C11H8Cl2N2O/c12-7-2-1-5-6-3-4-14-11(16)10(6)15-9(5)8(7)13/h1-2,15H,3-4H2,(H,14,16). The molecule has 1 aliphatic heterocycles. The average molecular weight is 255 g/mol. The number of aromatic amines is 1. The number of nitrogens with one attached hydrogen (secondary N) is 2. The van der Waals surface area contributed by atoms with Crippen molar-refractivity contribution < 1.29 is 4.79 Å². The van der Waals surface area contributed by atoms with Gasteiger partial charge in [0, 0.05) is 11.9 Å². The molecule has 0 spiro atoms. The number of carbonyl (C=O) groups excluding carboxylic acids is 1. The highest BCUT2D eigenvalue weighted by atomic mass is 35.5. The smallest absolute Gasteiger partial charge is 0.268 e. The normalized spacial score (nSPS) is 15.0. The number of halogens is 2. The van der Waals surface area contributed by atoms with Crippen molar-refractivity contribution in [3.63, 3.8) is 0 Å². The van der Waals surface area contributed by atoms with Crippen molar-refractivity contribution in [2.24, 2.45) is 0 Å². The molecule has 1 aliphatic rings. The van der Waals surface area contributed by atoms with Gasteiger partial charge in [0.25, 0.3) is 5.91 Å². The molecule has 1 amide bonds. The van der Waals surface area contributed by atoms with Gasteiger partial charge in [-0.1, -0.05) is 29.3 Å². The van der Waals surface area contributed by atoms with Crippen LogP contribution in [0.4, 0.5) is 0 Å². The molecule has 16 heavy (non-hydrogen) atoms. The molecule has 2 aromatic rings. The average Bonchev–Trinajstić information content (AvgIpc) is 2.65. The summed E-state index contributed by atoms with van der Waals surface area (Å²) in [5, 5.41) is 4.74. The Bertz CT molecular complexity index is 604. The second-order valence-electron chi connectivity index (χ2n) is 3.77. The molecule has 2 heterocycles. The molecule has 1 aromatic carbocycles. The van der Waals surface area contributed by atoms with E-state index in [9.17, 15) is 4.79 Å². The molecule has 0 atom stereocenters. The van der Waals surface area contributed by atoms with E-state index in [4.69, 9.17) is 23.2 Å².